The molecular formula is C63H104O5. The molecular weight excluding hydrogens is 837 g/mol. The Morgan fingerprint density at radius 2 is 0.662 bits per heavy atom. The van der Waals surface area contributed by atoms with Crippen LogP contribution in [-0.2, 0) is 23.8 Å². The summed E-state index contributed by atoms with van der Waals surface area (Å²) in [6.07, 6.45) is 80.9. The lowest BCUT2D eigenvalue weighted by atomic mass is 10.1. The summed E-state index contributed by atoms with van der Waals surface area (Å²) in [5.74, 6) is -0.471. The number of esters is 2. The zero-order valence-electron chi connectivity index (χ0n) is 44.3. The molecule has 1 unspecified atom stereocenters. The number of ether oxygens (including phenoxy) is 3. The van der Waals surface area contributed by atoms with E-state index in [1.165, 1.54) is 89.9 Å². The lowest BCUT2D eigenvalue weighted by Gasteiger charge is -2.18. The van der Waals surface area contributed by atoms with Crippen LogP contribution in [0.3, 0.4) is 0 Å². The van der Waals surface area contributed by atoms with Crippen LogP contribution < -0.4 is 0 Å². The van der Waals surface area contributed by atoms with Crippen molar-refractivity contribution >= 4 is 11.9 Å². The van der Waals surface area contributed by atoms with E-state index in [0.717, 1.165) is 116 Å². The van der Waals surface area contributed by atoms with E-state index in [0.29, 0.717) is 19.4 Å². The second-order valence-corrected chi connectivity index (χ2v) is 18.1. The molecule has 0 bridgehead atoms. The first kappa shape index (κ1) is 64.3. The third kappa shape index (κ3) is 54.9. The Morgan fingerprint density at radius 1 is 0.338 bits per heavy atom. The second kappa shape index (κ2) is 57.6. The summed E-state index contributed by atoms with van der Waals surface area (Å²) in [7, 11) is 0. The van der Waals surface area contributed by atoms with Gasteiger partial charge in [0.15, 0.2) is 6.10 Å². The van der Waals surface area contributed by atoms with E-state index in [-0.39, 0.29) is 25.2 Å². The number of hydrogen-bond acceptors (Lipinski definition) is 5. The van der Waals surface area contributed by atoms with Crippen LogP contribution in [0, 0.1) is 0 Å². The lowest BCUT2D eigenvalue weighted by Crippen LogP contribution is -2.30. The van der Waals surface area contributed by atoms with Gasteiger partial charge in [-0.25, -0.2) is 0 Å². The third-order valence-electron chi connectivity index (χ3n) is 11.5. The Bertz CT molecular complexity index is 1390. The second-order valence-electron chi connectivity index (χ2n) is 18.1. The zero-order valence-corrected chi connectivity index (χ0v) is 44.3. The van der Waals surface area contributed by atoms with Crippen molar-refractivity contribution in [3.05, 3.63) is 122 Å². The number of carbonyl (C=O) groups excluding carboxylic acids is 2. The predicted molar refractivity (Wildman–Crippen MR) is 297 cm³/mol. The number of hydrogen-bond donors (Lipinski definition) is 0. The third-order valence-corrected chi connectivity index (χ3v) is 11.5. The molecule has 0 aromatic carbocycles. The Labute approximate surface area is 420 Å². The van der Waals surface area contributed by atoms with E-state index in [2.05, 4.69) is 142 Å². The molecule has 68 heavy (non-hydrogen) atoms. The first-order valence-electron chi connectivity index (χ1n) is 28.1. The molecule has 0 aliphatic heterocycles. The molecule has 0 saturated carbocycles. The molecule has 0 N–H and O–H groups in total. The van der Waals surface area contributed by atoms with Crippen molar-refractivity contribution in [2.75, 3.05) is 19.8 Å². The van der Waals surface area contributed by atoms with E-state index in [1.807, 2.05) is 0 Å². The van der Waals surface area contributed by atoms with E-state index in [4.69, 9.17) is 14.2 Å². The van der Waals surface area contributed by atoms with Crippen LogP contribution in [0.2, 0.25) is 0 Å². The van der Waals surface area contributed by atoms with E-state index in [9.17, 15) is 9.59 Å². The summed E-state index contributed by atoms with van der Waals surface area (Å²) in [6.45, 7) is 7.36. The fourth-order valence-corrected chi connectivity index (χ4v) is 7.38. The van der Waals surface area contributed by atoms with Crippen LogP contribution in [0.15, 0.2) is 122 Å². The van der Waals surface area contributed by atoms with Crippen LogP contribution in [-0.4, -0.2) is 37.9 Å². The highest BCUT2D eigenvalue weighted by molar-refractivity contribution is 5.70. The Morgan fingerprint density at radius 3 is 1.07 bits per heavy atom. The maximum atomic E-state index is 12.8. The standard InChI is InChI=1S/C63H104O5/c1-4-7-10-13-16-19-22-25-28-31-32-34-35-38-41-44-47-50-53-56-62(64)67-60-61(59-66-58-55-52-49-46-43-40-37-30-27-24-21-18-15-12-9-6-3)68-63(65)57-54-51-48-45-42-39-36-33-29-26-23-20-17-14-11-8-5-2/h8-9,11-12,17-18,20-21,25-30,36,39-40,43,49,52,61H,4-7,10,13-16,19,22-24,31-35,37-38,41-42,44-48,50-51,53-60H2,1-3H3/b11-8-,12-9-,20-17-,21-18-,28-25-,29-26-,30-27-,39-36-,43-40-,52-49-. The largest absolute Gasteiger partial charge is 0.462 e. The Balaban J connectivity index is 4.42. The highest BCUT2D eigenvalue weighted by Gasteiger charge is 2.17. The summed E-state index contributed by atoms with van der Waals surface area (Å²) < 4.78 is 17.3. The normalized spacial score (nSPS) is 13.2. The topological polar surface area (TPSA) is 61.8 Å². The van der Waals surface area contributed by atoms with Gasteiger partial charge in [0.2, 0.25) is 0 Å². The molecule has 0 aliphatic rings. The smallest absolute Gasteiger partial charge is 0.306 e. The highest BCUT2D eigenvalue weighted by Crippen LogP contribution is 2.14. The number of carbonyl (C=O) groups is 2. The van der Waals surface area contributed by atoms with Gasteiger partial charge in [-0.3, -0.25) is 9.59 Å². The van der Waals surface area contributed by atoms with Crippen molar-refractivity contribution in [1.29, 1.82) is 0 Å². The first-order valence-corrected chi connectivity index (χ1v) is 28.1. The van der Waals surface area contributed by atoms with Gasteiger partial charge in [-0.05, 0) is 116 Å². The number of allylic oxidation sites excluding steroid dienone is 19. The zero-order chi connectivity index (χ0) is 49.2. The molecule has 1 atom stereocenters. The minimum Gasteiger partial charge on any atom is -0.462 e. The minimum atomic E-state index is -0.598. The molecule has 5 heteroatoms. The maximum Gasteiger partial charge on any atom is 0.306 e. The van der Waals surface area contributed by atoms with Crippen molar-refractivity contribution in [2.45, 2.75) is 245 Å². The molecule has 0 radical (unpaired) electrons. The fraction of sp³-hybridized carbons (Fsp3) is 0.651. The molecule has 0 amide bonds. The number of rotatable bonds is 50. The van der Waals surface area contributed by atoms with Gasteiger partial charge < -0.3 is 14.2 Å². The summed E-state index contributed by atoms with van der Waals surface area (Å²) in [5, 5.41) is 0. The fourth-order valence-electron chi connectivity index (χ4n) is 7.38. The van der Waals surface area contributed by atoms with Gasteiger partial charge in [0, 0.05) is 12.8 Å². The molecule has 386 valence electrons. The van der Waals surface area contributed by atoms with Crippen LogP contribution in [0.25, 0.3) is 0 Å². The van der Waals surface area contributed by atoms with Crippen molar-refractivity contribution in [1.82, 2.24) is 0 Å². The quantitative estimate of drug-likeness (QED) is 0.0345. The number of unbranched alkanes of at least 4 members (excludes halogenated alkanes) is 19. The average molecular weight is 942 g/mol. The first-order chi connectivity index (χ1) is 33.6. The molecule has 0 heterocycles. The van der Waals surface area contributed by atoms with Crippen LogP contribution in [0.1, 0.15) is 239 Å². The molecule has 0 spiro atoms. The highest BCUT2D eigenvalue weighted by atomic mass is 16.6. The van der Waals surface area contributed by atoms with Gasteiger partial charge in [-0.15, -0.1) is 0 Å². The lowest BCUT2D eigenvalue weighted by molar-refractivity contribution is -0.162. The van der Waals surface area contributed by atoms with Crippen molar-refractivity contribution in [3.63, 3.8) is 0 Å². The van der Waals surface area contributed by atoms with Crippen LogP contribution in [0.5, 0.6) is 0 Å². The monoisotopic (exact) mass is 941 g/mol. The van der Waals surface area contributed by atoms with Gasteiger partial charge in [0.25, 0.3) is 0 Å². The molecule has 0 saturated heterocycles. The molecule has 0 fully saturated rings. The van der Waals surface area contributed by atoms with Crippen LogP contribution in [0.4, 0.5) is 0 Å². The Hall–Kier alpha value is -3.70. The van der Waals surface area contributed by atoms with E-state index in [1.54, 1.807) is 0 Å². The van der Waals surface area contributed by atoms with E-state index < -0.39 is 6.10 Å². The summed E-state index contributed by atoms with van der Waals surface area (Å²) in [6, 6.07) is 0. The molecule has 5 nitrogen and oxygen atoms in total. The minimum absolute atomic E-state index is 0.0377. The van der Waals surface area contributed by atoms with Gasteiger partial charge in [0.1, 0.15) is 6.61 Å². The maximum absolute atomic E-state index is 12.8. The van der Waals surface area contributed by atoms with Gasteiger partial charge in [0.05, 0.1) is 13.2 Å². The average Bonchev–Trinajstić information content (AvgIpc) is 3.34. The SMILES string of the molecule is CC/C=C\C/C=C\C/C=C\C/C=C\C/C=C\CCOCC(COC(=O)CCCCCCCCCCC/C=C\CCCCCCCC)OC(=O)CCCCCC/C=C\C/C=C\C/C=C\C/C=C\CC. The van der Waals surface area contributed by atoms with Crippen molar-refractivity contribution in [3.8, 4) is 0 Å². The van der Waals surface area contributed by atoms with Crippen LogP contribution >= 0.6 is 0 Å². The van der Waals surface area contributed by atoms with Gasteiger partial charge in [-0.1, -0.05) is 232 Å². The predicted octanol–water partition coefficient (Wildman–Crippen LogP) is 19.3. The van der Waals surface area contributed by atoms with E-state index >= 15 is 0 Å². The molecule has 0 aromatic heterocycles. The molecule has 0 aliphatic carbocycles. The Kier molecular flexibility index (Phi) is 54.5. The summed E-state index contributed by atoms with van der Waals surface area (Å²) in [5.41, 5.74) is 0. The van der Waals surface area contributed by atoms with Gasteiger partial charge in [-0.2, -0.15) is 0 Å². The van der Waals surface area contributed by atoms with Crippen molar-refractivity contribution in [2.24, 2.45) is 0 Å². The van der Waals surface area contributed by atoms with Crippen molar-refractivity contribution < 1.29 is 23.8 Å². The molecule has 0 rings (SSSR count). The molecule has 0 aromatic rings. The summed E-state index contributed by atoms with van der Waals surface area (Å²) >= 11 is 0. The summed E-state index contributed by atoms with van der Waals surface area (Å²) in [4.78, 5) is 25.5. The van der Waals surface area contributed by atoms with Gasteiger partial charge >= 0.3 is 11.9 Å².